The van der Waals surface area contributed by atoms with Crippen molar-refractivity contribution in [3.05, 3.63) is 71.4 Å². The Hall–Kier alpha value is -2.92. The lowest BCUT2D eigenvalue weighted by atomic mass is 9.74. The number of aromatic amines is 1. The van der Waals surface area contributed by atoms with Crippen molar-refractivity contribution in [2.75, 3.05) is 14.1 Å². The molecule has 162 valence electrons. The molecule has 0 unspecified atom stereocenters. The first kappa shape index (κ1) is 21.3. The molecule has 2 aromatic carbocycles. The predicted octanol–water partition coefficient (Wildman–Crippen LogP) is 4.26. The number of carbonyl (C=O) groups is 2. The molecule has 1 aliphatic carbocycles. The van der Waals surface area contributed by atoms with Crippen molar-refractivity contribution in [2.45, 2.75) is 50.6 Å². The van der Waals surface area contributed by atoms with Gasteiger partial charge in [0.25, 0.3) is 11.7 Å². The number of aryl methyl sites for hydroxylation is 1. The quantitative estimate of drug-likeness (QED) is 0.465. The summed E-state index contributed by atoms with van der Waals surface area (Å²) in [7, 11) is 4.30. The fourth-order valence-corrected chi connectivity index (χ4v) is 4.88. The Balaban J connectivity index is 1.41. The van der Waals surface area contributed by atoms with Crippen LogP contribution in [0.5, 0.6) is 0 Å². The number of hydrogen-bond acceptors (Lipinski definition) is 3. The van der Waals surface area contributed by atoms with Gasteiger partial charge in [-0.25, -0.2) is 0 Å². The van der Waals surface area contributed by atoms with Crippen molar-refractivity contribution in [3.63, 3.8) is 0 Å². The lowest BCUT2D eigenvalue weighted by Gasteiger charge is -2.45. The van der Waals surface area contributed by atoms with Gasteiger partial charge in [0, 0.05) is 28.7 Å². The van der Waals surface area contributed by atoms with Crippen LogP contribution in [-0.2, 0) is 11.2 Å². The monoisotopic (exact) mass is 417 g/mol. The summed E-state index contributed by atoms with van der Waals surface area (Å²) in [6, 6.07) is 16.2. The van der Waals surface area contributed by atoms with Gasteiger partial charge < -0.3 is 15.2 Å². The number of carbonyl (C=O) groups excluding carboxylic acids is 2. The second-order valence-corrected chi connectivity index (χ2v) is 9.05. The van der Waals surface area contributed by atoms with E-state index in [2.05, 4.69) is 60.5 Å². The van der Waals surface area contributed by atoms with Crippen molar-refractivity contribution in [3.8, 4) is 0 Å². The van der Waals surface area contributed by atoms with Crippen LogP contribution >= 0.6 is 0 Å². The molecular weight excluding hydrogens is 386 g/mol. The van der Waals surface area contributed by atoms with Crippen molar-refractivity contribution < 1.29 is 9.59 Å². The first-order valence-corrected chi connectivity index (χ1v) is 11.0. The Morgan fingerprint density at radius 1 is 1.06 bits per heavy atom. The zero-order valence-corrected chi connectivity index (χ0v) is 18.6. The SMILES string of the molecule is Cc1ccccc1CC1(N(C)C)CCC(NC(=O)C(=O)c2c[nH]c3ccccc23)CC1. The molecule has 1 saturated carbocycles. The van der Waals surface area contributed by atoms with Crippen LogP contribution in [0.1, 0.15) is 47.2 Å². The summed E-state index contributed by atoms with van der Waals surface area (Å²) >= 11 is 0. The minimum Gasteiger partial charge on any atom is -0.360 e. The maximum absolute atomic E-state index is 12.8. The highest BCUT2D eigenvalue weighted by atomic mass is 16.2. The third kappa shape index (κ3) is 4.28. The van der Waals surface area contributed by atoms with E-state index in [0.29, 0.717) is 5.56 Å². The Morgan fingerprint density at radius 2 is 1.74 bits per heavy atom. The number of amides is 1. The number of Topliss-reactive ketones (excluding diaryl/α,β-unsaturated/α-hetero) is 1. The predicted molar refractivity (Wildman–Crippen MR) is 124 cm³/mol. The van der Waals surface area contributed by atoms with Gasteiger partial charge in [-0.3, -0.25) is 9.59 Å². The van der Waals surface area contributed by atoms with Gasteiger partial charge in [0.05, 0.1) is 5.56 Å². The van der Waals surface area contributed by atoms with Crippen molar-refractivity contribution in [2.24, 2.45) is 0 Å². The van der Waals surface area contributed by atoms with E-state index in [1.54, 1.807) is 6.20 Å². The number of hydrogen-bond donors (Lipinski definition) is 2. The van der Waals surface area contributed by atoms with Gasteiger partial charge in [-0.05, 0) is 70.3 Å². The Morgan fingerprint density at radius 3 is 2.45 bits per heavy atom. The summed E-state index contributed by atoms with van der Waals surface area (Å²) < 4.78 is 0. The van der Waals surface area contributed by atoms with Gasteiger partial charge in [0.15, 0.2) is 0 Å². The minimum atomic E-state index is -0.508. The topological polar surface area (TPSA) is 65.2 Å². The van der Waals surface area contributed by atoms with E-state index < -0.39 is 11.7 Å². The van der Waals surface area contributed by atoms with Crippen LogP contribution in [0, 0.1) is 6.92 Å². The fraction of sp³-hybridized carbons (Fsp3) is 0.385. The second kappa shape index (κ2) is 8.67. The van der Waals surface area contributed by atoms with Crippen LogP contribution in [0.4, 0.5) is 0 Å². The average Bonchev–Trinajstić information content (AvgIpc) is 3.20. The molecular formula is C26H31N3O2. The molecule has 0 atom stereocenters. The summed E-state index contributed by atoms with van der Waals surface area (Å²) in [5, 5.41) is 3.79. The van der Waals surface area contributed by atoms with E-state index in [4.69, 9.17) is 0 Å². The molecule has 0 spiro atoms. The highest BCUT2D eigenvalue weighted by molar-refractivity contribution is 6.45. The van der Waals surface area contributed by atoms with Gasteiger partial charge in [-0.15, -0.1) is 0 Å². The van der Waals surface area contributed by atoms with Crippen molar-refractivity contribution in [1.29, 1.82) is 0 Å². The number of nitrogens with one attached hydrogen (secondary N) is 2. The van der Waals surface area contributed by atoms with Crippen LogP contribution in [0.2, 0.25) is 0 Å². The van der Waals surface area contributed by atoms with Gasteiger partial charge in [0.1, 0.15) is 0 Å². The highest BCUT2D eigenvalue weighted by Crippen LogP contribution is 2.36. The van der Waals surface area contributed by atoms with E-state index in [1.807, 2.05) is 24.3 Å². The third-order valence-corrected chi connectivity index (χ3v) is 7.02. The third-order valence-electron chi connectivity index (χ3n) is 7.02. The van der Waals surface area contributed by atoms with Gasteiger partial charge in [-0.1, -0.05) is 42.5 Å². The number of fused-ring (bicyclic) bond motifs is 1. The largest absolute Gasteiger partial charge is 0.360 e. The Kier molecular flexibility index (Phi) is 5.96. The smallest absolute Gasteiger partial charge is 0.292 e. The Bertz CT molecular complexity index is 1090. The van der Waals surface area contributed by atoms with Crippen molar-refractivity contribution in [1.82, 2.24) is 15.2 Å². The molecule has 5 nitrogen and oxygen atoms in total. The number of para-hydroxylation sites is 1. The van der Waals surface area contributed by atoms with E-state index in [9.17, 15) is 9.59 Å². The van der Waals surface area contributed by atoms with Gasteiger partial charge in [-0.2, -0.15) is 0 Å². The number of benzene rings is 2. The lowest BCUT2D eigenvalue weighted by molar-refractivity contribution is -0.118. The zero-order chi connectivity index (χ0) is 22.0. The van der Waals surface area contributed by atoms with E-state index in [1.165, 1.54) is 11.1 Å². The number of H-pyrrole nitrogens is 1. The average molecular weight is 418 g/mol. The molecule has 5 heteroatoms. The second-order valence-electron chi connectivity index (χ2n) is 9.05. The molecule has 1 amide bonds. The number of aromatic nitrogens is 1. The summed E-state index contributed by atoms with van der Waals surface area (Å²) in [6.07, 6.45) is 6.35. The standard InChI is InChI=1S/C26H31N3O2/c1-18-8-4-5-9-19(18)16-26(29(2)3)14-12-20(13-15-26)28-25(31)24(30)22-17-27-23-11-7-6-10-21(22)23/h4-11,17,20,27H,12-16H2,1-3H3,(H,28,31). The van der Waals surface area contributed by atoms with Crippen LogP contribution in [0.3, 0.4) is 0 Å². The number of likely N-dealkylation sites (N-methyl/N-ethyl adjacent to an activating group) is 1. The molecule has 31 heavy (non-hydrogen) atoms. The highest BCUT2D eigenvalue weighted by Gasteiger charge is 2.38. The molecule has 1 heterocycles. The molecule has 3 aromatic rings. The van der Waals surface area contributed by atoms with Crippen LogP contribution in [-0.4, -0.2) is 47.3 Å². The van der Waals surface area contributed by atoms with E-state index in [0.717, 1.165) is 43.0 Å². The first-order chi connectivity index (χ1) is 14.9. The molecule has 1 aromatic heterocycles. The molecule has 4 rings (SSSR count). The van der Waals surface area contributed by atoms with Gasteiger partial charge >= 0.3 is 0 Å². The first-order valence-electron chi connectivity index (χ1n) is 11.0. The molecule has 1 fully saturated rings. The Labute approximate surface area is 183 Å². The molecule has 0 aliphatic heterocycles. The molecule has 0 radical (unpaired) electrons. The van der Waals surface area contributed by atoms with Crippen LogP contribution in [0.15, 0.2) is 54.7 Å². The maximum Gasteiger partial charge on any atom is 0.292 e. The maximum atomic E-state index is 12.8. The lowest BCUT2D eigenvalue weighted by Crippen LogP contribution is -2.52. The number of nitrogens with zero attached hydrogens (tertiary/aromatic N) is 1. The van der Waals surface area contributed by atoms with E-state index in [-0.39, 0.29) is 11.6 Å². The fourth-order valence-electron chi connectivity index (χ4n) is 4.88. The summed E-state index contributed by atoms with van der Waals surface area (Å²) in [4.78, 5) is 30.9. The molecule has 0 bridgehead atoms. The summed E-state index contributed by atoms with van der Waals surface area (Å²) in [5.41, 5.74) is 4.08. The summed E-state index contributed by atoms with van der Waals surface area (Å²) in [5.74, 6) is -0.979. The van der Waals surface area contributed by atoms with Crippen LogP contribution < -0.4 is 5.32 Å². The van der Waals surface area contributed by atoms with E-state index >= 15 is 0 Å². The molecule has 1 aliphatic rings. The molecule has 0 saturated heterocycles. The molecule has 2 N–H and O–H groups in total. The van der Waals surface area contributed by atoms with Crippen LogP contribution in [0.25, 0.3) is 10.9 Å². The van der Waals surface area contributed by atoms with Crippen molar-refractivity contribution >= 4 is 22.6 Å². The number of ketones is 1. The minimum absolute atomic E-state index is 0.0339. The zero-order valence-electron chi connectivity index (χ0n) is 18.6. The van der Waals surface area contributed by atoms with Gasteiger partial charge in [0.2, 0.25) is 0 Å². The summed E-state index contributed by atoms with van der Waals surface area (Å²) in [6.45, 7) is 2.17. The number of rotatable bonds is 6. The normalized spacial score (nSPS) is 21.4.